The number of hydrogen-bond acceptors (Lipinski definition) is 4. The first kappa shape index (κ1) is 12.7. The largest absolute Gasteiger partial charge is 0.507 e. The molecule has 1 aliphatic rings. The van der Waals surface area contributed by atoms with Gasteiger partial charge in [0.1, 0.15) is 17.1 Å². The van der Waals surface area contributed by atoms with Crippen LogP contribution in [0.2, 0.25) is 0 Å². The highest BCUT2D eigenvalue weighted by Crippen LogP contribution is 2.42. The van der Waals surface area contributed by atoms with E-state index in [2.05, 4.69) is 0 Å². The van der Waals surface area contributed by atoms with Crippen LogP contribution in [0.1, 0.15) is 41.6 Å². The molecule has 98 valence electrons. The zero-order chi connectivity index (χ0) is 13.3. The summed E-state index contributed by atoms with van der Waals surface area (Å²) < 4.78 is 5.21. The molecule has 0 amide bonds. The molecule has 5 nitrogen and oxygen atoms in total. The van der Waals surface area contributed by atoms with Crippen LogP contribution in [0.3, 0.4) is 0 Å². The number of ether oxygens (including phenoxy) is 1. The second-order valence-electron chi connectivity index (χ2n) is 4.74. The molecular weight excluding hydrogens is 234 g/mol. The topological polar surface area (TPSA) is 92.8 Å². The first-order valence-electron chi connectivity index (χ1n) is 5.91. The van der Waals surface area contributed by atoms with Crippen LogP contribution in [-0.4, -0.2) is 23.3 Å². The summed E-state index contributed by atoms with van der Waals surface area (Å²) in [7, 11) is 1.48. The molecule has 1 fully saturated rings. The Balaban J connectivity index is 2.57. The fourth-order valence-electron chi connectivity index (χ4n) is 2.57. The molecule has 0 aliphatic heterocycles. The average molecular weight is 251 g/mol. The van der Waals surface area contributed by atoms with E-state index in [1.165, 1.54) is 19.2 Å². The van der Waals surface area contributed by atoms with E-state index in [9.17, 15) is 9.90 Å². The van der Waals surface area contributed by atoms with E-state index in [-0.39, 0.29) is 11.3 Å². The minimum absolute atomic E-state index is 0.137. The summed E-state index contributed by atoms with van der Waals surface area (Å²) in [5.74, 6) is -1.02. The van der Waals surface area contributed by atoms with E-state index in [0.717, 1.165) is 25.7 Å². The molecule has 0 heterocycles. The number of methoxy groups -OCH3 is 1. The summed E-state index contributed by atoms with van der Waals surface area (Å²) in [6.07, 6.45) is 3.63. The summed E-state index contributed by atoms with van der Waals surface area (Å²) in [6.45, 7) is 0. The van der Waals surface area contributed by atoms with Gasteiger partial charge < -0.3 is 20.7 Å². The fourth-order valence-corrected chi connectivity index (χ4v) is 2.57. The number of aromatic hydroxyl groups is 1. The third kappa shape index (κ3) is 2.01. The van der Waals surface area contributed by atoms with Crippen LogP contribution in [0.25, 0.3) is 0 Å². The highest BCUT2D eigenvalue weighted by Gasteiger charge is 2.35. The van der Waals surface area contributed by atoms with Gasteiger partial charge in [0.15, 0.2) is 0 Å². The molecule has 1 saturated carbocycles. The Morgan fingerprint density at radius 3 is 2.50 bits per heavy atom. The van der Waals surface area contributed by atoms with Crippen molar-refractivity contribution in [3.63, 3.8) is 0 Å². The van der Waals surface area contributed by atoms with Gasteiger partial charge in [-0.15, -0.1) is 0 Å². The number of nitrogens with two attached hydrogens (primary N) is 1. The van der Waals surface area contributed by atoms with Gasteiger partial charge >= 0.3 is 5.97 Å². The quantitative estimate of drug-likeness (QED) is 0.762. The van der Waals surface area contributed by atoms with Gasteiger partial charge in [0, 0.05) is 17.2 Å². The number of phenols is 1. The summed E-state index contributed by atoms with van der Waals surface area (Å²) in [6, 6.07) is 2.76. The standard InChI is InChI=1S/C13H17NO4/c1-18-11-7-10(15)8(12(16)17)6-9(11)13(14)4-2-3-5-13/h6-7,15H,2-5,14H2,1H3,(H,16,17). The number of carboxylic acid groups (broad SMARTS) is 1. The SMILES string of the molecule is COc1cc(O)c(C(=O)O)cc1C1(N)CCCC1. The zero-order valence-electron chi connectivity index (χ0n) is 10.3. The van der Waals surface area contributed by atoms with E-state index in [4.69, 9.17) is 15.6 Å². The Morgan fingerprint density at radius 2 is 2.00 bits per heavy atom. The molecule has 5 heteroatoms. The van der Waals surface area contributed by atoms with Crippen LogP contribution < -0.4 is 10.5 Å². The smallest absolute Gasteiger partial charge is 0.339 e. The van der Waals surface area contributed by atoms with E-state index >= 15 is 0 Å². The highest BCUT2D eigenvalue weighted by atomic mass is 16.5. The van der Waals surface area contributed by atoms with Gasteiger partial charge in [-0.05, 0) is 18.9 Å². The molecule has 0 unspecified atom stereocenters. The second kappa shape index (κ2) is 4.49. The monoisotopic (exact) mass is 251 g/mol. The van der Waals surface area contributed by atoms with Crippen molar-refractivity contribution >= 4 is 5.97 Å². The molecule has 0 aromatic heterocycles. The van der Waals surface area contributed by atoms with Crippen LogP contribution in [0.5, 0.6) is 11.5 Å². The molecule has 1 aromatic carbocycles. The number of carbonyl (C=O) groups is 1. The van der Waals surface area contributed by atoms with Gasteiger partial charge in [-0.3, -0.25) is 0 Å². The Bertz CT molecular complexity index is 478. The van der Waals surface area contributed by atoms with Crippen LogP contribution in [0, 0.1) is 0 Å². The maximum absolute atomic E-state index is 11.1. The molecule has 0 saturated heterocycles. The number of benzene rings is 1. The van der Waals surface area contributed by atoms with E-state index in [0.29, 0.717) is 11.3 Å². The molecule has 0 atom stereocenters. The third-order valence-electron chi connectivity index (χ3n) is 3.58. The van der Waals surface area contributed by atoms with E-state index < -0.39 is 11.5 Å². The lowest BCUT2D eigenvalue weighted by Gasteiger charge is -2.26. The van der Waals surface area contributed by atoms with Gasteiger partial charge in [0.25, 0.3) is 0 Å². The van der Waals surface area contributed by atoms with Gasteiger partial charge in [-0.1, -0.05) is 12.8 Å². The molecule has 18 heavy (non-hydrogen) atoms. The maximum Gasteiger partial charge on any atom is 0.339 e. The molecule has 0 radical (unpaired) electrons. The van der Waals surface area contributed by atoms with Crippen LogP contribution in [0.4, 0.5) is 0 Å². The predicted octanol–water partition coefficient (Wildman–Crippen LogP) is 1.83. The fraction of sp³-hybridized carbons (Fsp3) is 0.462. The molecule has 1 aliphatic carbocycles. The van der Waals surface area contributed by atoms with Crippen LogP contribution in [-0.2, 0) is 5.54 Å². The number of hydrogen-bond donors (Lipinski definition) is 3. The summed E-state index contributed by atoms with van der Waals surface area (Å²) >= 11 is 0. The normalized spacial score (nSPS) is 17.7. The average Bonchev–Trinajstić information content (AvgIpc) is 2.76. The summed E-state index contributed by atoms with van der Waals surface area (Å²) in [4.78, 5) is 11.1. The Hall–Kier alpha value is -1.75. The number of rotatable bonds is 3. The highest BCUT2D eigenvalue weighted by molar-refractivity contribution is 5.91. The lowest BCUT2D eigenvalue weighted by atomic mass is 9.87. The van der Waals surface area contributed by atoms with Crippen LogP contribution in [0.15, 0.2) is 12.1 Å². The molecular formula is C13H17NO4. The molecule has 4 N–H and O–H groups in total. The van der Waals surface area contributed by atoms with Crippen LogP contribution >= 0.6 is 0 Å². The Kier molecular flexibility index (Phi) is 3.17. The maximum atomic E-state index is 11.1. The minimum Gasteiger partial charge on any atom is -0.507 e. The molecule has 0 spiro atoms. The molecule has 2 rings (SSSR count). The summed E-state index contributed by atoms with van der Waals surface area (Å²) in [5.41, 5.74) is 6.30. The van der Waals surface area contributed by atoms with Crippen molar-refractivity contribution in [2.75, 3.05) is 7.11 Å². The predicted molar refractivity (Wildman–Crippen MR) is 66.0 cm³/mol. The molecule has 0 bridgehead atoms. The van der Waals surface area contributed by atoms with Gasteiger partial charge in [-0.2, -0.15) is 0 Å². The van der Waals surface area contributed by atoms with Crippen molar-refractivity contribution in [2.24, 2.45) is 5.73 Å². The van der Waals surface area contributed by atoms with Gasteiger partial charge in [0.05, 0.1) is 7.11 Å². The van der Waals surface area contributed by atoms with Crippen molar-refractivity contribution in [3.8, 4) is 11.5 Å². The summed E-state index contributed by atoms with van der Waals surface area (Å²) in [5, 5.41) is 18.7. The van der Waals surface area contributed by atoms with E-state index in [1.54, 1.807) is 0 Å². The van der Waals surface area contributed by atoms with Gasteiger partial charge in [-0.25, -0.2) is 4.79 Å². The Labute approximate surface area is 105 Å². The number of carboxylic acids is 1. The van der Waals surface area contributed by atoms with Gasteiger partial charge in [0.2, 0.25) is 0 Å². The third-order valence-corrected chi connectivity index (χ3v) is 3.58. The van der Waals surface area contributed by atoms with E-state index in [1.807, 2.05) is 0 Å². The lowest BCUT2D eigenvalue weighted by molar-refractivity contribution is 0.0693. The lowest BCUT2D eigenvalue weighted by Crippen LogP contribution is -2.33. The minimum atomic E-state index is -1.17. The van der Waals surface area contributed by atoms with Crippen molar-refractivity contribution in [1.82, 2.24) is 0 Å². The van der Waals surface area contributed by atoms with Crippen molar-refractivity contribution in [1.29, 1.82) is 0 Å². The second-order valence-corrected chi connectivity index (χ2v) is 4.74. The molecule has 1 aromatic rings. The first-order chi connectivity index (χ1) is 8.48. The first-order valence-corrected chi connectivity index (χ1v) is 5.91. The zero-order valence-corrected chi connectivity index (χ0v) is 10.3. The van der Waals surface area contributed by atoms with Crippen molar-refractivity contribution in [3.05, 3.63) is 23.3 Å². The number of aromatic carboxylic acids is 1. The van der Waals surface area contributed by atoms with Crippen molar-refractivity contribution < 1.29 is 19.7 Å². The Morgan fingerprint density at radius 1 is 1.39 bits per heavy atom. The van der Waals surface area contributed by atoms with Crippen molar-refractivity contribution in [2.45, 2.75) is 31.2 Å².